The Labute approximate surface area is 91.9 Å². The summed E-state index contributed by atoms with van der Waals surface area (Å²) in [6.07, 6.45) is 0. The minimum Gasteiger partial charge on any atom is -0.0149 e. The molecule has 0 aromatic heterocycles. The van der Waals surface area contributed by atoms with Crippen LogP contribution in [0.3, 0.4) is 0 Å². The van der Waals surface area contributed by atoms with E-state index in [4.69, 9.17) is 0 Å². The molecule has 1 radical (unpaired) electrons. The molecule has 4 heavy (non-hydrogen) atoms. The van der Waals surface area contributed by atoms with Crippen molar-refractivity contribution in [2.75, 3.05) is 0 Å². The van der Waals surface area contributed by atoms with Crippen molar-refractivity contribution in [3.63, 3.8) is 0 Å². The van der Waals surface area contributed by atoms with E-state index in [-0.39, 0.29) is 94.0 Å². The molecule has 0 saturated carbocycles. The molecule has 0 fully saturated rings. The van der Waals surface area contributed by atoms with Crippen molar-refractivity contribution in [1.29, 1.82) is 0 Å². The molecule has 0 aromatic rings. The second kappa shape index (κ2) is 17.0. The molecule has 0 rings (SSSR count). The smallest absolute Gasteiger partial charge is 0 e. The second-order valence-corrected chi connectivity index (χ2v) is 0. The van der Waals surface area contributed by atoms with E-state index in [1.54, 1.807) is 0 Å². The molecule has 0 aliphatic carbocycles. The van der Waals surface area contributed by atoms with Gasteiger partial charge < -0.3 is 0 Å². The summed E-state index contributed by atoms with van der Waals surface area (Å²) in [5.41, 5.74) is 0. The Kier molecular flexibility index (Phi) is 123. The van der Waals surface area contributed by atoms with Crippen LogP contribution in [-0.4, -0.2) is 59.8 Å². The third kappa shape index (κ3) is 8.85. The average Bonchev–Trinajstić information content (AvgIpc) is 0. The van der Waals surface area contributed by atoms with Gasteiger partial charge in [0.15, 0.2) is 0 Å². The van der Waals surface area contributed by atoms with E-state index in [1.807, 2.05) is 0 Å². The Morgan fingerprint density at radius 3 is 1.00 bits per heavy atom. The molecule has 0 atom stereocenters. The maximum absolute atomic E-state index is 0. The first kappa shape index (κ1) is 29.0. The van der Waals surface area contributed by atoms with Crippen LogP contribution < -0.4 is 0 Å². The quantitative estimate of drug-likeness (QED) is 0.438. The van der Waals surface area contributed by atoms with Crippen LogP contribution in [0, 0.1) is 0 Å². The van der Waals surface area contributed by atoms with Gasteiger partial charge in [-0.1, -0.05) is 0 Å². The summed E-state index contributed by atoms with van der Waals surface area (Å²) in [7, 11) is 0. The standard InChI is InChI=1S/Ba.Cu.Fe.H4Si.2H/h;;;1H4;;. The van der Waals surface area contributed by atoms with Gasteiger partial charge in [0.2, 0.25) is 0 Å². The molecule has 31 valence electrons. The predicted octanol–water partition coefficient (Wildman–Crippen LogP) is -2.37. The summed E-state index contributed by atoms with van der Waals surface area (Å²) >= 11 is 0. The topological polar surface area (TPSA) is 0 Å². The van der Waals surface area contributed by atoms with Gasteiger partial charge in [0, 0.05) is 34.1 Å². The molecule has 0 aromatic carbocycles. The van der Waals surface area contributed by atoms with Crippen molar-refractivity contribution in [3.05, 3.63) is 0 Å². The van der Waals surface area contributed by atoms with E-state index in [0.29, 0.717) is 0 Å². The van der Waals surface area contributed by atoms with Gasteiger partial charge in [-0.05, 0) is 11.0 Å². The van der Waals surface area contributed by atoms with Crippen molar-refractivity contribution in [3.8, 4) is 0 Å². The summed E-state index contributed by atoms with van der Waals surface area (Å²) in [5.74, 6) is 0. The molecule has 0 aliphatic rings. The maximum Gasteiger partial charge on any atom is 0 e. The number of hydrogen-bond donors (Lipinski definition) is 0. The maximum atomic E-state index is 0. The van der Waals surface area contributed by atoms with Crippen LogP contribution in [0.1, 0.15) is 0 Å². The van der Waals surface area contributed by atoms with E-state index in [9.17, 15) is 0 Å². The van der Waals surface area contributed by atoms with Crippen LogP contribution in [0.5, 0.6) is 0 Å². The van der Waals surface area contributed by atoms with E-state index < -0.39 is 0 Å². The van der Waals surface area contributed by atoms with Gasteiger partial charge in [0.25, 0.3) is 0 Å². The Bertz CT molecular complexity index is 8.00. The average molecular weight is 291 g/mol. The summed E-state index contributed by atoms with van der Waals surface area (Å²) in [6.45, 7) is 0. The largest absolute Gasteiger partial charge is 0.0149 e. The Hall–Kier alpha value is 2.83. The molecular formula is H6BaCuFeSi. The predicted molar refractivity (Wildman–Crippen MR) is 19.9 cm³/mol. The third-order valence-electron chi connectivity index (χ3n) is 0. The van der Waals surface area contributed by atoms with E-state index >= 15 is 0 Å². The van der Waals surface area contributed by atoms with Crippen LogP contribution in [0.4, 0.5) is 0 Å². The van der Waals surface area contributed by atoms with Gasteiger partial charge in [0.1, 0.15) is 0 Å². The monoisotopic (exact) mass is 291 g/mol. The van der Waals surface area contributed by atoms with E-state index in [1.165, 1.54) is 0 Å². The molecular weight excluding hydrogens is 285 g/mol. The molecule has 0 unspecified atom stereocenters. The number of rotatable bonds is 0. The minimum atomic E-state index is 0. The van der Waals surface area contributed by atoms with Gasteiger partial charge in [-0.3, -0.25) is 0 Å². The summed E-state index contributed by atoms with van der Waals surface area (Å²) in [4.78, 5) is 0. The zero-order valence-corrected chi connectivity index (χ0v) is 2.70. The first-order chi connectivity index (χ1) is 0. The second-order valence-electron chi connectivity index (χ2n) is 0. The zero-order chi connectivity index (χ0) is 0. The van der Waals surface area contributed by atoms with E-state index in [0.717, 1.165) is 0 Å². The van der Waals surface area contributed by atoms with Gasteiger partial charge in [-0.2, -0.15) is 0 Å². The molecule has 0 saturated heterocycles. The van der Waals surface area contributed by atoms with Crippen LogP contribution in [0.15, 0.2) is 0 Å². The molecule has 0 nitrogen and oxygen atoms in total. The van der Waals surface area contributed by atoms with Gasteiger partial charge in [-0.25, -0.2) is 0 Å². The van der Waals surface area contributed by atoms with Gasteiger partial charge >= 0.3 is 48.9 Å². The van der Waals surface area contributed by atoms with E-state index in [2.05, 4.69) is 0 Å². The van der Waals surface area contributed by atoms with Gasteiger partial charge in [-0.15, -0.1) is 0 Å². The SMILES string of the molecule is [BaH2].[Cu].[Fe].[SiH4]. The van der Waals surface area contributed by atoms with Crippen molar-refractivity contribution in [2.45, 2.75) is 0 Å². The molecule has 0 aliphatic heterocycles. The van der Waals surface area contributed by atoms with Crippen LogP contribution in [0.25, 0.3) is 0 Å². The van der Waals surface area contributed by atoms with Crippen molar-refractivity contribution in [1.82, 2.24) is 0 Å². The van der Waals surface area contributed by atoms with Crippen molar-refractivity contribution in [2.24, 2.45) is 0 Å². The summed E-state index contributed by atoms with van der Waals surface area (Å²) < 4.78 is 0. The Morgan fingerprint density at radius 2 is 1.00 bits per heavy atom. The van der Waals surface area contributed by atoms with Crippen molar-refractivity contribution >= 4 is 59.8 Å². The Morgan fingerprint density at radius 1 is 1.00 bits per heavy atom. The molecule has 0 amide bonds. The Balaban J connectivity index is 0. The van der Waals surface area contributed by atoms with Crippen molar-refractivity contribution < 1.29 is 34.1 Å². The summed E-state index contributed by atoms with van der Waals surface area (Å²) in [6, 6.07) is 0. The van der Waals surface area contributed by atoms with Crippen LogP contribution in [0.2, 0.25) is 0 Å². The number of hydrogen-bond acceptors (Lipinski definition) is 0. The fraction of sp³-hybridized carbons (Fsp3) is 0. The first-order valence-corrected chi connectivity index (χ1v) is 0. The molecule has 0 heterocycles. The van der Waals surface area contributed by atoms with Crippen LogP contribution in [-0.2, 0) is 34.1 Å². The first-order valence-electron chi connectivity index (χ1n) is 0. The molecule has 0 bridgehead atoms. The zero-order valence-electron chi connectivity index (χ0n) is 0.655. The van der Waals surface area contributed by atoms with Gasteiger partial charge in [0.05, 0.1) is 0 Å². The molecule has 0 N–H and O–H groups in total. The minimum absolute atomic E-state index is 0. The third-order valence-corrected chi connectivity index (χ3v) is 0. The summed E-state index contributed by atoms with van der Waals surface area (Å²) in [5, 5.41) is 0. The fourth-order valence-electron chi connectivity index (χ4n) is 0. The molecule has 0 spiro atoms. The van der Waals surface area contributed by atoms with Crippen LogP contribution >= 0.6 is 0 Å². The molecule has 4 heteroatoms. The normalized spacial score (nSPS) is 0. The fourth-order valence-corrected chi connectivity index (χ4v) is 0.